The summed E-state index contributed by atoms with van der Waals surface area (Å²) in [4.78, 5) is 28.4. The molecule has 2 atom stereocenters. The monoisotopic (exact) mass is 424 g/mol. The van der Waals surface area contributed by atoms with Gasteiger partial charge >= 0.3 is 5.63 Å². The molecule has 1 saturated heterocycles. The highest BCUT2D eigenvalue weighted by Crippen LogP contribution is 2.21. The lowest BCUT2D eigenvalue weighted by Crippen LogP contribution is -2.58. The molecule has 2 unspecified atom stereocenters. The summed E-state index contributed by atoms with van der Waals surface area (Å²) < 4.78 is 24.0. The minimum absolute atomic E-state index is 0.0300. The van der Waals surface area contributed by atoms with Crippen LogP contribution in [0.2, 0.25) is 0 Å². The molecular formula is C24H25FN2O4. The van der Waals surface area contributed by atoms with Crippen LogP contribution in [-0.4, -0.2) is 47.5 Å². The molecule has 6 nitrogen and oxygen atoms in total. The Morgan fingerprint density at radius 3 is 2.58 bits per heavy atom. The van der Waals surface area contributed by atoms with Crippen molar-refractivity contribution >= 4 is 16.9 Å². The molecule has 3 aromatic rings. The van der Waals surface area contributed by atoms with Crippen molar-refractivity contribution in [3.05, 3.63) is 76.4 Å². The Bertz CT molecular complexity index is 1130. The number of carbonyl (C=O) groups excluding carboxylic acids is 1. The largest absolute Gasteiger partial charge is 0.484 e. The molecule has 0 bridgehead atoms. The first-order chi connectivity index (χ1) is 14.9. The first-order valence-electron chi connectivity index (χ1n) is 10.3. The molecule has 2 heterocycles. The van der Waals surface area contributed by atoms with Crippen molar-refractivity contribution in [2.75, 3.05) is 19.7 Å². The van der Waals surface area contributed by atoms with E-state index in [2.05, 4.69) is 11.8 Å². The number of ether oxygens (including phenoxy) is 1. The van der Waals surface area contributed by atoms with Crippen LogP contribution in [0.1, 0.15) is 19.4 Å². The molecule has 1 fully saturated rings. The quantitative estimate of drug-likeness (QED) is 0.588. The van der Waals surface area contributed by atoms with Gasteiger partial charge in [-0.05, 0) is 49.7 Å². The predicted octanol–water partition coefficient (Wildman–Crippen LogP) is 3.43. The van der Waals surface area contributed by atoms with Crippen molar-refractivity contribution in [1.29, 1.82) is 0 Å². The van der Waals surface area contributed by atoms with E-state index < -0.39 is 5.63 Å². The van der Waals surface area contributed by atoms with Crippen molar-refractivity contribution < 1.29 is 18.3 Å². The second-order valence-corrected chi connectivity index (χ2v) is 8.04. The average molecular weight is 424 g/mol. The van der Waals surface area contributed by atoms with Crippen LogP contribution in [0, 0.1) is 5.82 Å². The van der Waals surface area contributed by atoms with Gasteiger partial charge in [0.25, 0.3) is 5.91 Å². The average Bonchev–Trinajstić information content (AvgIpc) is 2.75. The molecular weight excluding hydrogens is 399 g/mol. The van der Waals surface area contributed by atoms with Crippen LogP contribution in [-0.2, 0) is 11.3 Å². The number of nitrogens with zero attached hydrogens (tertiary/aromatic N) is 2. The van der Waals surface area contributed by atoms with Crippen molar-refractivity contribution in [1.82, 2.24) is 9.80 Å². The first kappa shape index (κ1) is 21.1. The standard InChI is InChI=1S/C24H25FN2O4/c1-16-13-27(17(2)12-26(16)14-18-3-7-20(25)8-4-18)23(28)15-30-21-9-5-19-6-10-24(29)31-22(19)11-21/h3-11,16-17H,12-15H2,1-2H3. The summed E-state index contributed by atoms with van der Waals surface area (Å²) in [6, 6.07) is 14.9. The Morgan fingerprint density at radius 1 is 1.06 bits per heavy atom. The van der Waals surface area contributed by atoms with Gasteiger partial charge in [0.15, 0.2) is 6.61 Å². The van der Waals surface area contributed by atoms with E-state index in [9.17, 15) is 14.0 Å². The lowest BCUT2D eigenvalue weighted by molar-refractivity contribution is -0.139. The van der Waals surface area contributed by atoms with Gasteiger partial charge in [-0.1, -0.05) is 12.1 Å². The van der Waals surface area contributed by atoms with Gasteiger partial charge in [0.05, 0.1) is 0 Å². The molecule has 31 heavy (non-hydrogen) atoms. The van der Waals surface area contributed by atoms with Crippen molar-refractivity contribution in [3.8, 4) is 5.75 Å². The zero-order chi connectivity index (χ0) is 22.0. The third-order valence-corrected chi connectivity index (χ3v) is 5.69. The van der Waals surface area contributed by atoms with Gasteiger partial charge in [0, 0.05) is 49.2 Å². The minimum atomic E-state index is -0.429. The lowest BCUT2D eigenvalue weighted by atomic mass is 10.1. The third-order valence-electron chi connectivity index (χ3n) is 5.69. The van der Waals surface area contributed by atoms with E-state index >= 15 is 0 Å². The van der Waals surface area contributed by atoms with Gasteiger partial charge in [-0.25, -0.2) is 9.18 Å². The molecule has 7 heteroatoms. The van der Waals surface area contributed by atoms with Crippen LogP contribution >= 0.6 is 0 Å². The zero-order valence-corrected chi connectivity index (χ0v) is 17.6. The highest BCUT2D eigenvalue weighted by molar-refractivity contribution is 5.79. The van der Waals surface area contributed by atoms with Crippen LogP contribution in [0.25, 0.3) is 11.0 Å². The molecule has 0 saturated carbocycles. The van der Waals surface area contributed by atoms with E-state index in [1.54, 1.807) is 36.4 Å². The molecule has 1 amide bonds. The summed E-state index contributed by atoms with van der Waals surface area (Å²) in [5.41, 5.74) is 1.04. The van der Waals surface area contributed by atoms with E-state index in [-0.39, 0.29) is 30.4 Å². The molecule has 2 aromatic carbocycles. The number of amides is 1. The Morgan fingerprint density at radius 2 is 1.81 bits per heavy atom. The normalized spacial score (nSPS) is 19.5. The van der Waals surface area contributed by atoms with Gasteiger partial charge in [0.1, 0.15) is 17.1 Å². The molecule has 162 valence electrons. The van der Waals surface area contributed by atoms with Gasteiger partial charge in [-0.3, -0.25) is 9.69 Å². The van der Waals surface area contributed by atoms with E-state index in [4.69, 9.17) is 9.15 Å². The van der Waals surface area contributed by atoms with E-state index in [1.807, 2.05) is 11.8 Å². The predicted molar refractivity (Wildman–Crippen MR) is 115 cm³/mol. The van der Waals surface area contributed by atoms with Crippen LogP contribution < -0.4 is 10.4 Å². The number of halogens is 1. The summed E-state index contributed by atoms with van der Waals surface area (Å²) in [6.07, 6.45) is 0. The van der Waals surface area contributed by atoms with Crippen LogP contribution in [0.4, 0.5) is 4.39 Å². The summed E-state index contributed by atoms with van der Waals surface area (Å²) in [7, 11) is 0. The van der Waals surface area contributed by atoms with Gasteiger partial charge < -0.3 is 14.1 Å². The molecule has 1 aliphatic rings. The lowest BCUT2D eigenvalue weighted by Gasteiger charge is -2.44. The second-order valence-electron chi connectivity index (χ2n) is 8.04. The van der Waals surface area contributed by atoms with E-state index in [0.29, 0.717) is 24.4 Å². The highest BCUT2D eigenvalue weighted by atomic mass is 19.1. The molecule has 0 N–H and O–H groups in total. The minimum Gasteiger partial charge on any atom is -0.484 e. The summed E-state index contributed by atoms with van der Waals surface area (Å²) in [5.74, 6) is 0.148. The number of rotatable bonds is 5. The fraction of sp³-hybridized carbons (Fsp3) is 0.333. The Kier molecular flexibility index (Phi) is 6.04. The number of piperazine rings is 1. The Hall–Kier alpha value is -3.19. The number of hydrogen-bond donors (Lipinski definition) is 0. The molecule has 0 aliphatic carbocycles. The molecule has 0 spiro atoms. The van der Waals surface area contributed by atoms with E-state index in [0.717, 1.165) is 17.5 Å². The van der Waals surface area contributed by atoms with Crippen molar-refractivity contribution in [3.63, 3.8) is 0 Å². The number of benzene rings is 2. The molecule has 1 aliphatic heterocycles. The Labute approximate surface area is 179 Å². The van der Waals surface area contributed by atoms with Crippen LogP contribution in [0.3, 0.4) is 0 Å². The highest BCUT2D eigenvalue weighted by Gasteiger charge is 2.32. The first-order valence-corrected chi connectivity index (χ1v) is 10.3. The van der Waals surface area contributed by atoms with Gasteiger partial charge in [-0.15, -0.1) is 0 Å². The van der Waals surface area contributed by atoms with Crippen molar-refractivity contribution in [2.45, 2.75) is 32.5 Å². The maximum Gasteiger partial charge on any atom is 0.336 e. The summed E-state index contributed by atoms with van der Waals surface area (Å²) >= 11 is 0. The number of hydrogen-bond acceptors (Lipinski definition) is 5. The maximum atomic E-state index is 13.1. The summed E-state index contributed by atoms with van der Waals surface area (Å²) in [5, 5.41) is 0.790. The fourth-order valence-corrected chi connectivity index (χ4v) is 3.95. The number of carbonyl (C=O) groups is 1. The van der Waals surface area contributed by atoms with Crippen molar-refractivity contribution in [2.24, 2.45) is 0 Å². The smallest absolute Gasteiger partial charge is 0.336 e. The molecule has 0 radical (unpaired) electrons. The SMILES string of the molecule is CC1CN(C(=O)COc2ccc3ccc(=O)oc3c2)C(C)CN1Cc1ccc(F)cc1. The van der Waals surface area contributed by atoms with Gasteiger partial charge in [-0.2, -0.15) is 0 Å². The van der Waals surface area contributed by atoms with E-state index in [1.165, 1.54) is 18.2 Å². The summed E-state index contributed by atoms with van der Waals surface area (Å²) in [6.45, 7) is 6.06. The third kappa shape index (κ3) is 4.94. The molecule has 1 aromatic heterocycles. The second kappa shape index (κ2) is 8.89. The fourth-order valence-electron chi connectivity index (χ4n) is 3.95. The Balaban J connectivity index is 1.35. The molecule has 4 rings (SSSR count). The topological polar surface area (TPSA) is 63.0 Å². The van der Waals surface area contributed by atoms with Crippen LogP contribution in [0.15, 0.2) is 63.8 Å². The van der Waals surface area contributed by atoms with Crippen LogP contribution in [0.5, 0.6) is 5.75 Å². The zero-order valence-electron chi connectivity index (χ0n) is 17.6. The van der Waals surface area contributed by atoms with Gasteiger partial charge in [0.2, 0.25) is 0 Å². The maximum absolute atomic E-state index is 13.1. The number of fused-ring (bicyclic) bond motifs is 1.